The van der Waals surface area contributed by atoms with Crippen LogP contribution in [0.2, 0.25) is 0 Å². The maximum Gasteiger partial charge on any atom is 0.322 e. The van der Waals surface area contributed by atoms with E-state index in [2.05, 4.69) is 66.3 Å². The van der Waals surface area contributed by atoms with E-state index in [9.17, 15) is 4.79 Å². The molecule has 0 unspecified atom stereocenters. The quantitative estimate of drug-likeness (QED) is 0.443. The second-order valence-corrected chi connectivity index (χ2v) is 7.54. The summed E-state index contributed by atoms with van der Waals surface area (Å²) in [5.74, 6) is 0. The van der Waals surface area contributed by atoms with Gasteiger partial charge >= 0.3 is 6.03 Å². The van der Waals surface area contributed by atoms with E-state index in [1.165, 1.54) is 11.1 Å². The van der Waals surface area contributed by atoms with Crippen molar-refractivity contribution in [3.05, 3.63) is 89.7 Å². The number of hydrogen-bond acceptors (Lipinski definition) is 1. The van der Waals surface area contributed by atoms with Gasteiger partial charge in [-0.05, 0) is 43.2 Å². The molecule has 1 aromatic heterocycles. The molecule has 152 valence electrons. The van der Waals surface area contributed by atoms with E-state index >= 15 is 0 Å². The largest absolute Gasteiger partial charge is 0.345 e. The zero-order valence-corrected chi connectivity index (χ0v) is 17.5. The molecule has 0 fully saturated rings. The summed E-state index contributed by atoms with van der Waals surface area (Å²) in [5, 5.41) is 3.04. The van der Waals surface area contributed by atoms with Crippen LogP contribution in [0.1, 0.15) is 43.0 Å². The van der Waals surface area contributed by atoms with Crippen LogP contribution in [-0.2, 0) is 13.1 Å². The summed E-state index contributed by atoms with van der Waals surface area (Å²) in [6, 6.07) is 22.4. The smallest absolute Gasteiger partial charge is 0.322 e. The Morgan fingerprint density at radius 1 is 1.00 bits per heavy atom. The van der Waals surface area contributed by atoms with Gasteiger partial charge in [-0.15, -0.1) is 0 Å². The molecule has 0 aliphatic carbocycles. The van der Waals surface area contributed by atoms with E-state index in [4.69, 9.17) is 0 Å². The lowest BCUT2D eigenvalue weighted by atomic mass is 10.1. The SMILES string of the molecule is CCCCCN(Cc1cccn1Cc1cccc(C)c1)C(=O)Nc1ccccc1. The molecule has 29 heavy (non-hydrogen) atoms. The number of urea groups is 1. The van der Waals surface area contributed by atoms with Gasteiger partial charge in [0.15, 0.2) is 0 Å². The Bertz CT molecular complexity index is 901. The summed E-state index contributed by atoms with van der Waals surface area (Å²) in [6.45, 7) is 6.46. The second kappa shape index (κ2) is 10.5. The van der Waals surface area contributed by atoms with Crippen LogP contribution in [0.3, 0.4) is 0 Å². The number of carbonyl (C=O) groups is 1. The van der Waals surface area contributed by atoms with E-state index in [0.717, 1.165) is 43.7 Å². The van der Waals surface area contributed by atoms with Gasteiger partial charge in [-0.25, -0.2) is 4.79 Å². The number of amides is 2. The number of anilines is 1. The number of unbranched alkanes of at least 4 members (excludes halogenated alkanes) is 2. The van der Waals surface area contributed by atoms with Crippen LogP contribution >= 0.6 is 0 Å². The van der Waals surface area contributed by atoms with Gasteiger partial charge in [-0.3, -0.25) is 0 Å². The summed E-state index contributed by atoms with van der Waals surface area (Å²) < 4.78 is 2.23. The normalized spacial score (nSPS) is 10.7. The highest BCUT2D eigenvalue weighted by molar-refractivity contribution is 5.89. The number of benzene rings is 2. The third kappa shape index (κ3) is 6.24. The molecule has 0 aliphatic heterocycles. The fourth-order valence-corrected chi connectivity index (χ4v) is 3.48. The molecule has 3 rings (SSSR count). The lowest BCUT2D eigenvalue weighted by Gasteiger charge is -2.24. The van der Waals surface area contributed by atoms with Crippen LogP contribution in [0.4, 0.5) is 10.5 Å². The first-order valence-corrected chi connectivity index (χ1v) is 10.5. The monoisotopic (exact) mass is 389 g/mol. The topological polar surface area (TPSA) is 37.3 Å². The molecule has 0 saturated carbocycles. The molecule has 0 radical (unpaired) electrons. The third-order valence-electron chi connectivity index (χ3n) is 5.06. The van der Waals surface area contributed by atoms with Gasteiger partial charge in [0.2, 0.25) is 0 Å². The van der Waals surface area contributed by atoms with E-state index in [0.29, 0.717) is 6.54 Å². The maximum atomic E-state index is 13.0. The van der Waals surface area contributed by atoms with Gasteiger partial charge in [0.05, 0.1) is 6.54 Å². The first-order valence-electron chi connectivity index (χ1n) is 10.5. The van der Waals surface area contributed by atoms with Gasteiger partial charge in [-0.2, -0.15) is 0 Å². The fourth-order valence-electron chi connectivity index (χ4n) is 3.48. The Morgan fingerprint density at radius 3 is 2.59 bits per heavy atom. The minimum atomic E-state index is -0.0457. The zero-order chi connectivity index (χ0) is 20.5. The van der Waals surface area contributed by atoms with Crippen molar-refractivity contribution >= 4 is 11.7 Å². The first kappa shape index (κ1) is 20.7. The first-order chi connectivity index (χ1) is 14.2. The summed E-state index contributed by atoms with van der Waals surface area (Å²) in [4.78, 5) is 14.9. The third-order valence-corrected chi connectivity index (χ3v) is 5.06. The van der Waals surface area contributed by atoms with Gasteiger partial charge in [0.1, 0.15) is 0 Å². The highest BCUT2D eigenvalue weighted by Crippen LogP contribution is 2.14. The second-order valence-electron chi connectivity index (χ2n) is 7.54. The fraction of sp³-hybridized carbons (Fsp3) is 0.320. The van der Waals surface area contributed by atoms with E-state index in [-0.39, 0.29) is 6.03 Å². The van der Waals surface area contributed by atoms with Crippen molar-refractivity contribution in [2.45, 2.75) is 46.2 Å². The van der Waals surface area contributed by atoms with Crippen molar-refractivity contribution in [2.24, 2.45) is 0 Å². The molecule has 2 amide bonds. The van der Waals surface area contributed by atoms with Crippen molar-refractivity contribution in [1.29, 1.82) is 0 Å². The van der Waals surface area contributed by atoms with Gasteiger partial charge in [0.25, 0.3) is 0 Å². The van der Waals surface area contributed by atoms with Crippen molar-refractivity contribution in [1.82, 2.24) is 9.47 Å². The van der Waals surface area contributed by atoms with Crippen molar-refractivity contribution in [3.63, 3.8) is 0 Å². The highest BCUT2D eigenvalue weighted by Gasteiger charge is 2.16. The average Bonchev–Trinajstić information content (AvgIpc) is 3.14. The van der Waals surface area contributed by atoms with Gasteiger partial charge in [0, 0.05) is 30.7 Å². The molecule has 2 aromatic carbocycles. The molecule has 1 N–H and O–H groups in total. The lowest BCUT2D eigenvalue weighted by molar-refractivity contribution is 0.206. The number of nitrogens with one attached hydrogen (secondary N) is 1. The Balaban J connectivity index is 1.72. The van der Waals surface area contributed by atoms with Gasteiger partial charge in [-0.1, -0.05) is 67.8 Å². The molecule has 4 heteroatoms. The molecule has 0 spiro atoms. The molecule has 4 nitrogen and oxygen atoms in total. The molecule has 3 aromatic rings. The summed E-state index contributed by atoms with van der Waals surface area (Å²) in [6.07, 6.45) is 5.37. The summed E-state index contributed by atoms with van der Waals surface area (Å²) in [7, 11) is 0. The zero-order valence-electron chi connectivity index (χ0n) is 17.5. The minimum Gasteiger partial charge on any atom is -0.345 e. The van der Waals surface area contributed by atoms with Crippen LogP contribution in [0.25, 0.3) is 0 Å². The Kier molecular flexibility index (Phi) is 7.51. The molecular weight excluding hydrogens is 358 g/mol. The van der Waals surface area contributed by atoms with E-state index < -0.39 is 0 Å². The summed E-state index contributed by atoms with van der Waals surface area (Å²) >= 11 is 0. The lowest BCUT2D eigenvalue weighted by Crippen LogP contribution is -2.36. The van der Waals surface area contributed by atoms with Crippen LogP contribution in [0.15, 0.2) is 72.9 Å². The van der Waals surface area contributed by atoms with Crippen molar-refractivity contribution in [3.8, 4) is 0 Å². The predicted octanol–water partition coefficient (Wildman–Crippen LogP) is 6.07. The molecule has 0 bridgehead atoms. The Labute approximate surface area is 174 Å². The number of rotatable bonds is 9. The van der Waals surface area contributed by atoms with Crippen molar-refractivity contribution in [2.75, 3.05) is 11.9 Å². The number of aryl methyl sites for hydroxylation is 1. The van der Waals surface area contributed by atoms with Crippen LogP contribution in [0.5, 0.6) is 0 Å². The number of aromatic nitrogens is 1. The van der Waals surface area contributed by atoms with Crippen LogP contribution in [-0.4, -0.2) is 22.0 Å². The Hall–Kier alpha value is -3.01. The summed E-state index contributed by atoms with van der Waals surface area (Å²) in [5.41, 5.74) is 4.51. The molecule has 0 saturated heterocycles. The standard InChI is InChI=1S/C25H31N3O/c1-3-4-8-16-28(25(29)26-23-13-6-5-7-14-23)20-24-15-10-17-27(24)19-22-12-9-11-21(2)18-22/h5-7,9-15,17-18H,3-4,8,16,19-20H2,1-2H3,(H,26,29). The van der Waals surface area contributed by atoms with Crippen LogP contribution < -0.4 is 5.32 Å². The minimum absolute atomic E-state index is 0.0457. The highest BCUT2D eigenvalue weighted by atomic mass is 16.2. The number of hydrogen-bond donors (Lipinski definition) is 1. The predicted molar refractivity (Wildman–Crippen MR) is 120 cm³/mol. The molecule has 0 atom stereocenters. The number of nitrogens with zero attached hydrogens (tertiary/aromatic N) is 2. The number of carbonyl (C=O) groups excluding carboxylic acids is 1. The molecular formula is C25H31N3O. The number of para-hydroxylation sites is 1. The molecule has 0 aliphatic rings. The Morgan fingerprint density at radius 2 is 1.83 bits per heavy atom. The van der Waals surface area contributed by atoms with E-state index in [1.54, 1.807) is 0 Å². The average molecular weight is 390 g/mol. The van der Waals surface area contributed by atoms with Crippen molar-refractivity contribution < 1.29 is 4.79 Å². The maximum absolute atomic E-state index is 13.0. The van der Waals surface area contributed by atoms with Crippen LogP contribution in [0, 0.1) is 6.92 Å². The van der Waals surface area contributed by atoms with E-state index in [1.807, 2.05) is 35.2 Å². The molecule has 1 heterocycles. The van der Waals surface area contributed by atoms with Gasteiger partial charge < -0.3 is 14.8 Å².